The van der Waals surface area contributed by atoms with E-state index in [1.165, 1.54) is 11.1 Å². The maximum atomic E-state index is 12.1. The third kappa shape index (κ3) is 2.20. The van der Waals surface area contributed by atoms with Gasteiger partial charge in [0, 0.05) is 7.05 Å². The predicted molar refractivity (Wildman–Crippen MR) is 68.5 cm³/mol. The van der Waals surface area contributed by atoms with Crippen LogP contribution >= 0.6 is 0 Å². The van der Waals surface area contributed by atoms with E-state index in [0.717, 1.165) is 12.8 Å². The van der Waals surface area contributed by atoms with Gasteiger partial charge in [0.25, 0.3) is 0 Å². The van der Waals surface area contributed by atoms with E-state index in [1.807, 2.05) is 24.9 Å². The summed E-state index contributed by atoms with van der Waals surface area (Å²) in [6.45, 7) is 1.94. The Bertz CT molecular complexity index is 416. The standard InChI is InChI=1S/C14H20N2O/c1-3-12(15)14(17)16(2)13-9-8-10-6-4-5-7-11(10)13/h4-7,12-13H,3,8-9,15H2,1-2H3/t12-,13?/m0/s1. The highest BCUT2D eigenvalue weighted by molar-refractivity contribution is 5.81. The lowest BCUT2D eigenvalue weighted by molar-refractivity contribution is -0.133. The van der Waals surface area contributed by atoms with Crippen molar-refractivity contribution in [3.63, 3.8) is 0 Å². The Morgan fingerprint density at radius 1 is 1.53 bits per heavy atom. The molecule has 3 heteroatoms. The molecule has 0 fully saturated rings. The van der Waals surface area contributed by atoms with E-state index in [9.17, 15) is 4.79 Å². The molecular formula is C14H20N2O. The molecule has 17 heavy (non-hydrogen) atoms. The number of carbonyl (C=O) groups is 1. The fourth-order valence-corrected chi connectivity index (χ4v) is 2.53. The van der Waals surface area contributed by atoms with Crippen LogP contribution in [0, 0.1) is 0 Å². The SMILES string of the molecule is CC[C@H](N)C(=O)N(C)C1CCc2ccccc21. The molecular weight excluding hydrogens is 212 g/mol. The van der Waals surface area contributed by atoms with Crippen LogP contribution in [0.3, 0.4) is 0 Å². The van der Waals surface area contributed by atoms with Crippen molar-refractivity contribution in [2.24, 2.45) is 5.73 Å². The van der Waals surface area contributed by atoms with Crippen LogP contribution in [0.25, 0.3) is 0 Å². The third-order valence-corrected chi connectivity index (χ3v) is 3.67. The van der Waals surface area contributed by atoms with Crippen molar-refractivity contribution >= 4 is 5.91 Å². The number of aryl methyl sites for hydroxylation is 1. The first kappa shape index (κ1) is 12.1. The smallest absolute Gasteiger partial charge is 0.239 e. The van der Waals surface area contributed by atoms with E-state index in [2.05, 4.69) is 18.2 Å². The summed E-state index contributed by atoms with van der Waals surface area (Å²) in [5, 5.41) is 0. The van der Waals surface area contributed by atoms with E-state index in [0.29, 0.717) is 6.42 Å². The van der Waals surface area contributed by atoms with Crippen molar-refractivity contribution < 1.29 is 4.79 Å². The minimum atomic E-state index is -0.368. The number of hydrogen-bond acceptors (Lipinski definition) is 2. The van der Waals surface area contributed by atoms with E-state index < -0.39 is 0 Å². The largest absolute Gasteiger partial charge is 0.337 e. The number of amides is 1. The predicted octanol–water partition coefficient (Wildman–Crippen LogP) is 1.87. The molecule has 1 aromatic carbocycles. The zero-order valence-electron chi connectivity index (χ0n) is 10.5. The van der Waals surface area contributed by atoms with Gasteiger partial charge >= 0.3 is 0 Å². The summed E-state index contributed by atoms with van der Waals surface area (Å²) in [7, 11) is 1.87. The monoisotopic (exact) mass is 232 g/mol. The van der Waals surface area contributed by atoms with Crippen LogP contribution in [0.1, 0.15) is 36.9 Å². The van der Waals surface area contributed by atoms with Crippen LogP contribution in [0.4, 0.5) is 0 Å². The van der Waals surface area contributed by atoms with Gasteiger partial charge in [0.15, 0.2) is 0 Å². The Kier molecular flexibility index (Phi) is 3.48. The molecule has 2 atom stereocenters. The molecule has 1 aliphatic carbocycles. The first-order chi connectivity index (χ1) is 8.15. The first-order valence-corrected chi connectivity index (χ1v) is 6.25. The maximum Gasteiger partial charge on any atom is 0.239 e. The van der Waals surface area contributed by atoms with Crippen LogP contribution in [0.5, 0.6) is 0 Å². The molecule has 0 aliphatic heterocycles. The number of fused-ring (bicyclic) bond motifs is 1. The van der Waals surface area contributed by atoms with Gasteiger partial charge in [0.05, 0.1) is 12.1 Å². The summed E-state index contributed by atoms with van der Waals surface area (Å²) < 4.78 is 0. The van der Waals surface area contributed by atoms with Crippen molar-refractivity contribution in [2.75, 3.05) is 7.05 Å². The van der Waals surface area contributed by atoms with Crippen LogP contribution < -0.4 is 5.73 Å². The number of likely N-dealkylation sites (N-methyl/N-ethyl adjacent to an activating group) is 1. The second-order valence-corrected chi connectivity index (χ2v) is 4.72. The van der Waals surface area contributed by atoms with Crippen molar-refractivity contribution in [1.82, 2.24) is 4.90 Å². The van der Waals surface area contributed by atoms with E-state index in [-0.39, 0.29) is 18.0 Å². The second kappa shape index (κ2) is 4.88. The molecule has 1 amide bonds. The van der Waals surface area contributed by atoms with Gasteiger partial charge < -0.3 is 10.6 Å². The molecule has 1 aliphatic rings. The normalized spacial score (nSPS) is 19.8. The zero-order chi connectivity index (χ0) is 12.4. The molecule has 0 spiro atoms. The molecule has 92 valence electrons. The van der Waals surface area contributed by atoms with Crippen molar-refractivity contribution in [3.05, 3.63) is 35.4 Å². The van der Waals surface area contributed by atoms with Crippen molar-refractivity contribution in [2.45, 2.75) is 38.3 Å². The zero-order valence-corrected chi connectivity index (χ0v) is 10.5. The van der Waals surface area contributed by atoms with E-state index in [1.54, 1.807) is 0 Å². The van der Waals surface area contributed by atoms with Gasteiger partial charge in [-0.1, -0.05) is 31.2 Å². The number of benzene rings is 1. The van der Waals surface area contributed by atoms with Crippen LogP contribution in [-0.2, 0) is 11.2 Å². The number of nitrogens with zero attached hydrogens (tertiary/aromatic N) is 1. The van der Waals surface area contributed by atoms with Crippen LogP contribution in [0.2, 0.25) is 0 Å². The lowest BCUT2D eigenvalue weighted by atomic mass is 10.1. The molecule has 0 heterocycles. The summed E-state index contributed by atoms with van der Waals surface area (Å²) in [5.74, 6) is 0.0502. The Hall–Kier alpha value is -1.35. The fraction of sp³-hybridized carbons (Fsp3) is 0.500. The average molecular weight is 232 g/mol. The quantitative estimate of drug-likeness (QED) is 0.864. The molecule has 3 nitrogen and oxygen atoms in total. The Labute approximate surface area is 103 Å². The Morgan fingerprint density at radius 2 is 2.24 bits per heavy atom. The molecule has 0 saturated heterocycles. The summed E-state index contributed by atoms with van der Waals surface area (Å²) in [5.41, 5.74) is 8.46. The lowest BCUT2D eigenvalue weighted by Gasteiger charge is -2.27. The average Bonchev–Trinajstić information content (AvgIpc) is 2.79. The molecule has 2 rings (SSSR count). The second-order valence-electron chi connectivity index (χ2n) is 4.72. The van der Waals surface area contributed by atoms with Gasteiger partial charge in [0.2, 0.25) is 5.91 Å². The minimum absolute atomic E-state index is 0.0502. The van der Waals surface area contributed by atoms with E-state index >= 15 is 0 Å². The number of hydrogen-bond donors (Lipinski definition) is 1. The van der Waals surface area contributed by atoms with Crippen LogP contribution in [-0.4, -0.2) is 23.9 Å². The van der Waals surface area contributed by atoms with Crippen molar-refractivity contribution in [1.29, 1.82) is 0 Å². The topological polar surface area (TPSA) is 46.3 Å². The third-order valence-electron chi connectivity index (χ3n) is 3.67. The Balaban J connectivity index is 2.17. The highest BCUT2D eigenvalue weighted by Crippen LogP contribution is 2.34. The number of rotatable bonds is 3. The maximum absolute atomic E-state index is 12.1. The minimum Gasteiger partial charge on any atom is -0.337 e. The van der Waals surface area contributed by atoms with Gasteiger partial charge in [-0.2, -0.15) is 0 Å². The van der Waals surface area contributed by atoms with Gasteiger partial charge in [0.1, 0.15) is 0 Å². The Morgan fingerprint density at radius 3 is 2.94 bits per heavy atom. The highest BCUT2D eigenvalue weighted by atomic mass is 16.2. The van der Waals surface area contributed by atoms with E-state index in [4.69, 9.17) is 5.73 Å². The summed E-state index contributed by atoms with van der Waals surface area (Å²) in [6.07, 6.45) is 2.76. The van der Waals surface area contributed by atoms with Gasteiger partial charge in [-0.15, -0.1) is 0 Å². The van der Waals surface area contributed by atoms with Crippen LogP contribution in [0.15, 0.2) is 24.3 Å². The lowest BCUT2D eigenvalue weighted by Crippen LogP contribution is -2.42. The molecule has 0 bridgehead atoms. The molecule has 1 unspecified atom stereocenters. The fourth-order valence-electron chi connectivity index (χ4n) is 2.53. The number of nitrogens with two attached hydrogens (primary N) is 1. The highest BCUT2D eigenvalue weighted by Gasteiger charge is 2.29. The summed E-state index contributed by atoms with van der Waals surface area (Å²) in [6, 6.07) is 8.20. The molecule has 2 N–H and O–H groups in total. The summed E-state index contributed by atoms with van der Waals surface area (Å²) >= 11 is 0. The summed E-state index contributed by atoms with van der Waals surface area (Å²) in [4.78, 5) is 13.9. The van der Waals surface area contributed by atoms with Crippen molar-refractivity contribution in [3.8, 4) is 0 Å². The molecule has 0 radical (unpaired) electrons. The first-order valence-electron chi connectivity index (χ1n) is 6.25. The number of carbonyl (C=O) groups excluding carboxylic acids is 1. The molecule has 0 saturated carbocycles. The van der Waals surface area contributed by atoms with Gasteiger partial charge in [-0.25, -0.2) is 0 Å². The molecule has 0 aromatic heterocycles. The molecule has 1 aromatic rings. The van der Waals surface area contributed by atoms with Gasteiger partial charge in [-0.05, 0) is 30.4 Å². The van der Waals surface area contributed by atoms with Gasteiger partial charge in [-0.3, -0.25) is 4.79 Å².